The van der Waals surface area contributed by atoms with Gasteiger partial charge in [-0.3, -0.25) is 4.79 Å². The number of amides is 1. The van der Waals surface area contributed by atoms with Crippen molar-refractivity contribution < 1.29 is 4.79 Å². The van der Waals surface area contributed by atoms with Crippen molar-refractivity contribution in [2.75, 3.05) is 13.1 Å². The molecule has 15 heavy (non-hydrogen) atoms. The Hall–Kier alpha value is -0.570. The fourth-order valence-corrected chi connectivity index (χ4v) is 1.39. The second-order valence-electron chi connectivity index (χ2n) is 4.66. The van der Waals surface area contributed by atoms with Gasteiger partial charge in [0, 0.05) is 12.5 Å². The molecule has 1 aliphatic rings. The lowest BCUT2D eigenvalue weighted by molar-refractivity contribution is -0.121. The summed E-state index contributed by atoms with van der Waals surface area (Å²) in [5.41, 5.74) is 0. The normalized spacial score (nSPS) is 17.5. The van der Waals surface area contributed by atoms with Crippen LogP contribution in [0.25, 0.3) is 0 Å². The highest BCUT2D eigenvalue weighted by Crippen LogP contribution is 2.18. The minimum absolute atomic E-state index is 0.225. The first kappa shape index (κ1) is 12.5. The van der Waals surface area contributed by atoms with Gasteiger partial charge >= 0.3 is 0 Å². The third-order valence-electron chi connectivity index (χ3n) is 2.89. The van der Waals surface area contributed by atoms with Crippen molar-refractivity contribution in [3.05, 3.63) is 0 Å². The highest BCUT2D eigenvalue weighted by Gasteiger charge is 2.22. The molecule has 1 aliphatic carbocycles. The molecule has 0 spiro atoms. The molecule has 3 nitrogen and oxygen atoms in total. The first-order valence-corrected chi connectivity index (χ1v) is 6.22. The van der Waals surface area contributed by atoms with Gasteiger partial charge in [0.15, 0.2) is 0 Å². The maximum absolute atomic E-state index is 11.3. The van der Waals surface area contributed by atoms with E-state index in [-0.39, 0.29) is 5.91 Å². The zero-order valence-corrected chi connectivity index (χ0v) is 10.0. The Balaban J connectivity index is 1.85. The second-order valence-corrected chi connectivity index (χ2v) is 4.66. The molecule has 0 aromatic carbocycles. The topological polar surface area (TPSA) is 41.1 Å². The third-order valence-corrected chi connectivity index (χ3v) is 2.89. The molecule has 1 fully saturated rings. The lowest BCUT2D eigenvalue weighted by Gasteiger charge is -2.09. The van der Waals surface area contributed by atoms with Crippen LogP contribution in [0.1, 0.15) is 46.0 Å². The molecule has 1 saturated carbocycles. The van der Waals surface area contributed by atoms with Gasteiger partial charge in [-0.15, -0.1) is 0 Å². The largest absolute Gasteiger partial charge is 0.353 e. The summed E-state index contributed by atoms with van der Waals surface area (Å²) in [5.74, 6) is 0.966. The van der Waals surface area contributed by atoms with Gasteiger partial charge in [-0.05, 0) is 38.3 Å². The predicted molar refractivity (Wildman–Crippen MR) is 62.7 cm³/mol. The number of carbonyl (C=O) groups is 1. The van der Waals surface area contributed by atoms with E-state index in [4.69, 9.17) is 0 Å². The fourth-order valence-electron chi connectivity index (χ4n) is 1.39. The molecule has 1 unspecified atom stereocenters. The summed E-state index contributed by atoms with van der Waals surface area (Å²) in [6.07, 6.45) is 5.20. The maximum Gasteiger partial charge on any atom is 0.220 e. The average Bonchev–Trinajstić information content (AvgIpc) is 3.00. The van der Waals surface area contributed by atoms with Gasteiger partial charge in [0.25, 0.3) is 0 Å². The molecule has 0 heterocycles. The van der Waals surface area contributed by atoms with Gasteiger partial charge in [0.1, 0.15) is 0 Å². The van der Waals surface area contributed by atoms with Crippen molar-refractivity contribution >= 4 is 5.91 Å². The van der Waals surface area contributed by atoms with Crippen LogP contribution in [-0.2, 0) is 4.79 Å². The SMILES string of the molecule is CCC(C)CNCCCC(=O)NC1CC1. The molecule has 0 aliphatic heterocycles. The van der Waals surface area contributed by atoms with Crippen LogP contribution >= 0.6 is 0 Å². The Bertz CT molecular complexity index is 190. The monoisotopic (exact) mass is 212 g/mol. The highest BCUT2D eigenvalue weighted by atomic mass is 16.1. The first-order chi connectivity index (χ1) is 7.22. The molecule has 0 radical (unpaired) electrons. The van der Waals surface area contributed by atoms with E-state index in [2.05, 4.69) is 24.5 Å². The molecular weight excluding hydrogens is 188 g/mol. The molecule has 1 amide bonds. The van der Waals surface area contributed by atoms with Gasteiger partial charge < -0.3 is 10.6 Å². The minimum atomic E-state index is 0.225. The minimum Gasteiger partial charge on any atom is -0.353 e. The molecule has 88 valence electrons. The number of nitrogens with one attached hydrogen (secondary N) is 2. The number of hydrogen-bond donors (Lipinski definition) is 2. The van der Waals surface area contributed by atoms with Crippen LogP contribution in [-0.4, -0.2) is 25.0 Å². The van der Waals surface area contributed by atoms with E-state index < -0.39 is 0 Å². The standard InChI is InChI=1S/C12H24N2O/c1-3-10(2)9-13-8-4-5-12(15)14-11-6-7-11/h10-11,13H,3-9H2,1-2H3,(H,14,15). The molecule has 0 saturated heterocycles. The number of carbonyl (C=O) groups excluding carboxylic acids is 1. The van der Waals surface area contributed by atoms with Crippen molar-refractivity contribution in [3.8, 4) is 0 Å². The maximum atomic E-state index is 11.3. The fraction of sp³-hybridized carbons (Fsp3) is 0.917. The molecule has 1 rings (SSSR count). The van der Waals surface area contributed by atoms with E-state index in [9.17, 15) is 4.79 Å². The average molecular weight is 212 g/mol. The molecule has 0 aromatic rings. The Labute approximate surface area is 93.0 Å². The van der Waals surface area contributed by atoms with Crippen molar-refractivity contribution in [2.24, 2.45) is 5.92 Å². The predicted octanol–water partition coefficient (Wildman–Crippen LogP) is 1.68. The van der Waals surface area contributed by atoms with Crippen LogP contribution in [0.3, 0.4) is 0 Å². The van der Waals surface area contributed by atoms with Crippen molar-refractivity contribution in [1.82, 2.24) is 10.6 Å². The Morgan fingerprint density at radius 2 is 2.20 bits per heavy atom. The Morgan fingerprint density at radius 3 is 2.80 bits per heavy atom. The molecule has 1 atom stereocenters. The van der Waals surface area contributed by atoms with E-state index >= 15 is 0 Å². The second kappa shape index (κ2) is 6.83. The van der Waals surface area contributed by atoms with Crippen LogP contribution in [0.5, 0.6) is 0 Å². The Kier molecular flexibility index (Phi) is 5.69. The van der Waals surface area contributed by atoms with Gasteiger partial charge in [-0.2, -0.15) is 0 Å². The van der Waals surface area contributed by atoms with Crippen LogP contribution in [0.2, 0.25) is 0 Å². The van der Waals surface area contributed by atoms with Crippen LogP contribution in [0, 0.1) is 5.92 Å². The summed E-state index contributed by atoms with van der Waals surface area (Å²) in [6, 6.07) is 0.505. The van der Waals surface area contributed by atoms with Crippen molar-refractivity contribution in [3.63, 3.8) is 0 Å². The smallest absolute Gasteiger partial charge is 0.220 e. The number of hydrogen-bond acceptors (Lipinski definition) is 2. The molecule has 2 N–H and O–H groups in total. The van der Waals surface area contributed by atoms with Gasteiger partial charge in [-0.1, -0.05) is 20.3 Å². The summed E-state index contributed by atoms with van der Waals surface area (Å²) in [7, 11) is 0. The zero-order chi connectivity index (χ0) is 11.1. The van der Waals surface area contributed by atoms with Crippen LogP contribution in [0.15, 0.2) is 0 Å². The van der Waals surface area contributed by atoms with Gasteiger partial charge in [0.2, 0.25) is 5.91 Å². The van der Waals surface area contributed by atoms with E-state index in [1.165, 1.54) is 19.3 Å². The molecule has 0 bridgehead atoms. The third kappa shape index (κ3) is 6.50. The Morgan fingerprint density at radius 1 is 1.47 bits per heavy atom. The summed E-state index contributed by atoms with van der Waals surface area (Å²) in [4.78, 5) is 11.3. The van der Waals surface area contributed by atoms with Gasteiger partial charge in [0.05, 0.1) is 0 Å². The zero-order valence-electron chi connectivity index (χ0n) is 10.0. The molecular formula is C12H24N2O. The van der Waals surface area contributed by atoms with Crippen LogP contribution in [0.4, 0.5) is 0 Å². The van der Waals surface area contributed by atoms with Crippen LogP contribution < -0.4 is 10.6 Å². The van der Waals surface area contributed by atoms with Crippen molar-refractivity contribution in [1.29, 1.82) is 0 Å². The van der Waals surface area contributed by atoms with E-state index in [1.54, 1.807) is 0 Å². The first-order valence-electron chi connectivity index (χ1n) is 6.22. The summed E-state index contributed by atoms with van der Waals surface area (Å²) < 4.78 is 0. The number of rotatable bonds is 8. The molecule has 0 aromatic heterocycles. The summed E-state index contributed by atoms with van der Waals surface area (Å²) in [5, 5.41) is 6.38. The van der Waals surface area contributed by atoms with E-state index in [0.717, 1.165) is 25.4 Å². The molecule has 3 heteroatoms. The van der Waals surface area contributed by atoms with E-state index in [1.807, 2.05) is 0 Å². The quantitative estimate of drug-likeness (QED) is 0.601. The van der Waals surface area contributed by atoms with Crippen molar-refractivity contribution in [2.45, 2.75) is 52.0 Å². The lowest BCUT2D eigenvalue weighted by Crippen LogP contribution is -2.27. The highest BCUT2D eigenvalue weighted by molar-refractivity contribution is 5.76. The van der Waals surface area contributed by atoms with E-state index in [0.29, 0.717) is 12.5 Å². The summed E-state index contributed by atoms with van der Waals surface area (Å²) >= 11 is 0. The summed E-state index contributed by atoms with van der Waals surface area (Å²) in [6.45, 7) is 6.48. The van der Waals surface area contributed by atoms with Gasteiger partial charge in [-0.25, -0.2) is 0 Å². The lowest BCUT2D eigenvalue weighted by atomic mass is 10.1.